The van der Waals surface area contributed by atoms with Crippen LogP contribution in [-0.4, -0.2) is 6.30 Å². The molecule has 0 aliphatic heterocycles. The maximum Gasteiger partial charge on any atom is 0.0456 e. The zero-order valence-electron chi connectivity index (χ0n) is 1.97. The molecule has 0 spiro atoms. The standard InChI is InChI=1S/CH3OPS/c1-3(2)4/h1H2,(H,2,4)/p-1. The third kappa shape index (κ3) is 23.6. The van der Waals surface area contributed by atoms with Gasteiger partial charge in [-0.25, -0.2) is 0 Å². The Hall–Kier alpha value is 0.480. The monoisotopic (exact) mass is 93.0 g/mol. The van der Waals surface area contributed by atoms with Crippen LogP contribution >= 0.6 is 6.97 Å². The molecule has 0 fully saturated rings. The van der Waals surface area contributed by atoms with Crippen molar-refractivity contribution in [2.24, 2.45) is 0 Å². The normalized spacial score (nSPS) is 11.0. The molecule has 0 N–H and O–H groups in total. The van der Waals surface area contributed by atoms with Crippen LogP contribution in [0.25, 0.3) is 0 Å². The van der Waals surface area contributed by atoms with Crippen LogP contribution in [0.5, 0.6) is 0 Å². The van der Waals surface area contributed by atoms with Crippen molar-refractivity contribution in [3.63, 3.8) is 0 Å². The predicted molar refractivity (Wildman–Crippen MR) is 21.4 cm³/mol. The van der Waals surface area contributed by atoms with Gasteiger partial charge in [0.25, 0.3) is 0 Å². The predicted octanol–water partition coefficient (Wildman–Crippen LogP) is -0.363. The zero-order valence-corrected chi connectivity index (χ0v) is 3.68. The lowest BCUT2D eigenvalue weighted by Gasteiger charge is -1.89. The molecule has 0 heterocycles. The van der Waals surface area contributed by atoms with Gasteiger partial charge in [-0.2, -0.15) is 0 Å². The summed E-state index contributed by atoms with van der Waals surface area (Å²) in [6.07, 6.45) is 2.96. The van der Waals surface area contributed by atoms with Gasteiger partial charge in [-0.15, -0.1) is 6.97 Å². The molecule has 0 aliphatic rings. The van der Waals surface area contributed by atoms with Crippen molar-refractivity contribution in [2.75, 3.05) is 0 Å². The Bertz CT molecular complexity index is 31.0. The lowest BCUT2D eigenvalue weighted by molar-refractivity contribution is -0.146. The van der Waals surface area contributed by atoms with Gasteiger partial charge in [0, 0.05) is 6.30 Å². The van der Waals surface area contributed by atoms with Gasteiger partial charge in [0.2, 0.25) is 0 Å². The van der Waals surface area contributed by atoms with Crippen molar-refractivity contribution < 1.29 is 4.89 Å². The second-order valence-electron chi connectivity index (χ2n) is 0.333. The molecule has 1 atom stereocenters. The van der Waals surface area contributed by atoms with Crippen LogP contribution in [0.4, 0.5) is 0 Å². The molecule has 0 radical (unpaired) electrons. The summed E-state index contributed by atoms with van der Waals surface area (Å²) in [5, 5.41) is 0. The fraction of sp³-hybridized carbons (Fsp3) is 0. The van der Waals surface area contributed by atoms with Crippen LogP contribution in [-0.2, 0) is 12.2 Å². The molecule has 1 nitrogen and oxygen atoms in total. The van der Waals surface area contributed by atoms with Gasteiger partial charge in [0.05, 0.1) is 0 Å². The van der Waals surface area contributed by atoms with Crippen molar-refractivity contribution in [1.29, 1.82) is 0 Å². The lowest BCUT2D eigenvalue weighted by atomic mass is 12.0. The summed E-state index contributed by atoms with van der Waals surface area (Å²) in [6.45, 7) is -1.54. The topological polar surface area (TPSA) is 23.1 Å². The fourth-order valence-corrected chi connectivity index (χ4v) is 0. The van der Waals surface area contributed by atoms with Crippen LogP contribution in [0.2, 0.25) is 0 Å². The fourth-order valence-electron chi connectivity index (χ4n) is 0. The molecule has 0 aliphatic carbocycles. The number of hydrogen-bond acceptors (Lipinski definition) is 2. The first-order chi connectivity index (χ1) is 1.73. The van der Waals surface area contributed by atoms with Gasteiger partial charge >= 0.3 is 0 Å². The highest BCUT2D eigenvalue weighted by Crippen LogP contribution is 1.93. The highest BCUT2D eigenvalue weighted by molar-refractivity contribution is 8.28. The van der Waals surface area contributed by atoms with E-state index in [1.54, 1.807) is 0 Å². The van der Waals surface area contributed by atoms with E-state index in [1.165, 1.54) is 0 Å². The molecule has 0 saturated heterocycles. The van der Waals surface area contributed by atoms with Gasteiger partial charge in [0.15, 0.2) is 0 Å². The molecule has 0 aromatic carbocycles. The summed E-state index contributed by atoms with van der Waals surface area (Å²) < 4.78 is 0. The minimum absolute atomic E-state index is 1.54. The van der Waals surface area contributed by atoms with Gasteiger partial charge in [0.1, 0.15) is 0 Å². The van der Waals surface area contributed by atoms with E-state index in [9.17, 15) is 4.89 Å². The van der Waals surface area contributed by atoms with Crippen molar-refractivity contribution in [2.45, 2.75) is 0 Å². The minimum Gasteiger partial charge on any atom is -0.649 e. The average molecular weight is 93.1 g/mol. The quantitative estimate of drug-likeness (QED) is 0.301. The van der Waals surface area contributed by atoms with Crippen LogP contribution in [0.15, 0.2) is 0 Å². The SMILES string of the molecule is C=[P+]([O-])[S-]. The summed E-state index contributed by atoms with van der Waals surface area (Å²) in [4.78, 5) is 9.30. The Morgan fingerprint density at radius 2 is 2.00 bits per heavy atom. The molecule has 4 heavy (non-hydrogen) atoms. The number of rotatable bonds is 0. The van der Waals surface area contributed by atoms with Crippen molar-refractivity contribution in [1.82, 2.24) is 0 Å². The molecule has 0 bridgehead atoms. The van der Waals surface area contributed by atoms with Crippen LogP contribution in [0, 0.1) is 0 Å². The van der Waals surface area contributed by atoms with Crippen molar-refractivity contribution >= 4 is 25.5 Å². The molecule has 0 rings (SSSR count). The van der Waals surface area contributed by atoms with Crippen molar-refractivity contribution in [3.8, 4) is 0 Å². The minimum atomic E-state index is -1.54. The van der Waals surface area contributed by atoms with E-state index >= 15 is 0 Å². The largest absolute Gasteiger partial charge is 0.649 e. The molecule has 0 amide bonds. The van der Waals surface area contributed by atoms with Crippen LogP contribution < -0.4 is 4.89 Å². The maximum atomic E-state index is 9.30. The Labute approximate surface area is 31.3 Å². The summed E-state index contributed by atoms with van der Waals surface area (Å²) in [6, 6.07) is 0. The van der Waals surface area contributed by atoms with E-state index in [1.807, 2.05) is 0 Å². The summed E-state index contributed by atoms with van der Waals surface area (Å²) in [7, 11) is 0. The second-order valence-corrected chi connectivity index (χ2v) is 2.22. The van der Waals surface area contributed by atoms with Gasteiger partial charge < -0.3 is 17.1 Å². The molecule has 24 valence electrons. The van der Waals surface area contributed by atoms with Gasteiger partial charge in [-0.05, 0) is 0 Å². The lowest BCUT2D eigenvalue weighted by Crippen LogP contribution is -1.77. The Balaban J connectivity index is 2.80. The summed E-state index contributed by atoms with van der Waals surface area (Å²) in [5.41, 5.74) is 0. The van der Waals surface area contributed by atoms with E-state index < -0.39 is 6.97 Å². The molecular formula is CH2OPS-. The second kappa shape index (κ2) is 1.77. The van der Waals surface area contributed by atoms with E-state index in [4.69, 9.17) is 0 Å². The zero-order chi connectivity index (χ0) is 3.58. The van der Waals surface area contributed by atoms with Crippen LogP contribution in [0.3, 0.4) is 0 Å². The maximum absolute atomic E-state index is 9.30. The third-order valence-corrected chi connectivity index (χ3v) is 0. The molecular weight excluding hydrogens is 91.1 g/mol. The summed E-state index contributed by atoms with van der Waals surface area (Å²) >= 11 is 4.02. The third-order valence-electron chi connectivity index (χ3n) is 0. The van der Waals surface area contributed by atoms with Gasteiger partial charge in [-0.1, -0.05) is 0 Å². The highest BCUT2D eigenvalue weighted by Gasteiger charge is 1.34. The smallest absolute Gasteiger partial charge is 0.0456 e. The highest BCUT2D eigenvalue weighted by atomic mass is 32.7. The first kappa shape index (κ1) is 4.48. The molecule has 0 aromatic rings. The van der Waals surface area contributed by atoms with Crippen LogP contribution in [0.1, 0.15) is 0 Å². The Morgan fingerprint density at radius 3 is 2.00 bits per heavy atom. The van der Waals surface area contributed by atoms with E-state index in [0.717, 1.165) is 0 Å². The molecule has 0 saturated carbocycles. The first-order valence-corrected chi connectivity index (χ1v) is 3.14. The van der Waals surface area contributed by atoms with E-state index in [-0.39, 0.29) is 0 Å². The molecule has 0 aromatic heterocycles. The Morgan fingerprint density at radius 1 is 2.00 bits per heavy atom. The van der Waals surface area contributed by atoms with Crippen molar-refractivity contribution in [3.05, 3.63) is 0 Å². The Kier molecular flexibility index (Phi) is 1.98. The first-order valence-electron chi connectivity index (χ1n) is 0.681. The number of hydrogen-bond donors (Lipinski definition) is 0. The molecule has 1 unspecified atom stereocenters. The summed E-state index contributed by atoms with van der Waals surface area (Å²) in [5.74, 6) is 0. The van der Waals surface area contributed by atoms with E-state index in [0.29, 0.717) is 0 Å². The van der Waals surface area contributed by atoms with E-state index in [2.05, 4.69) is 18.5 Å². The average Bonchev–Trinajstić information content (AvgIpc) is 0.811. The van der Waals surface area contributed by atoms with Gasteiger partial charge in [-0.3, -0.25) is 0 Å². The molecule has 3 heteroatoms.